The molecule has 112 valence electrons. The Morgan fingerprint density at radius 3 is 2.50 bits per heavy atom. The standard InChI is InChI=1S/C14H14BrN7/c15-10-2-1-3-16-13(10)21-4-6-22(7-5-21)14-11-12(18-8-17-11)19-9-20-14/h1-3,8-9H,4-7H2,(H,17,18,19,20). The van der Waals surface area contributed by atoms with Crippen molar-refractivity contribution in [2.75, 3.05) is 36.0 Å². The predicted molar refractivity (Wildman–Crippen MR) is 88.0 cm³/mol. The lowest BCUT2D eigenvalue weighted by molar-refractivity contribution is 0.641. The number of imidazole rings is 1. The highest BCUT2D eigenvalue weighted by molar-refractivity contribution is 9.10. The second-order valence-electron chi connectivity index (χ2n) is 5.08. The summed E-state index contributed by atoms with van der Waals surface area (Å²) >= 11 is 3.57. The van der Waals surface area contributed by atoms with Crippen LogP contribution in [-0.2, 0) is 0 Å². The van der Waals surface area contributed by atoms with Crippen molar-refractivity contribution in [1.82, 2.24) is 24.9 Å². The van der Waals surface area contributed by atoms with Crippen LogP contribution in [0, 0.1) is 0 Å². The molecule has 0 aromatic carbocycles. The molecule has 4 heterocycles. The van der Waals surface area contributed by atoms with E-state index in [2.05, 4.69) is 50.6 Å². The maximum atomic E-state index is 4.46. The fourth-order valence-corrected chi connectivity index (χ4v) is 3.24. The summed E-state index contributed by atoms with van der Waals surface area (Å²) in [5.74, 6) is 1.92. The molecule has 22 heavy (non-hydrogen) atoms. The third-order valence-corrected chi connectivity index (χ3v) is 4.44. The molecule has 1 saturated heterocycles. The molecule has 1 N–H and O–H groups in total. The van der Waals surface area contributed by atoms with Crippen LogP contribution >= 0.6 is 15.9 Å². The van der Waals surface area contributed by atoms with Crippen molar-refractivity contribution < 1.29 is 0 Å². The number of piperazine rings is 1. The molecule has 0 spiro atoms. The lowest BCUT2D eigenvalue weighted by atomic mass is 10.3. The number of aromatic amines is 1. The third kappa shape index (κ3) is 2.29. The Kier molecular flexibility index (Phi) is 3.38. The van der Waals surface area contributed by atoms with Crippen molar-refractivity contribution in [2.45, 2.75) is 0 Å². The summed E-state index contributed by atoms with van der Waals surface area (Å²) < 4.78 is 1.03. The topological polar surface area (TPSA) is 73.8 Å². The van der Waals surface area contributed by atoms with Gasteiger partial charge in [-0.3, -0.25) is 0 Å². The number of nitrogens with zero attached hydrogens (tertiary/aromatic N) is 6. The molecule has 0 radical (unpaired) electrons. The van der Waals surface area contributed by atoms with Crippen LogP contribution in [0.25, 0.3) is 11.2 Å². The predicted octanol–water partition coefficient (Wildman–Crippen LogP) is 1.84. The number of hydrogen-bond acceptors (Lipinski definition) is 6. The zero-order valence-corrected chi connectivity index (χ0v) is 13.4. The molecule has 7 nitrogen and oxygen atoms in total. The quantitative estimate of drug-likeness (QED) is 0.752. The van der Waals surface area contributed by atoms with Gasteiger partial charge in [-0.2, -0.15) is 0 Å². The van der Waals surface area contributed by atoms with E-state index in [-0.39, 0.29) is 0 Å². The smallest absolute Gasteiger partial charge is 0.182 e. The van der Waals surface area contributed by atoms with E-state index >= 15 is 0 Å². The van der Waals surface area contributed by atoms with Crippen LogP contribution in [0.5, 0.6) is 0 Å². The molecule has 0 bridgehead atoms. The number of nitrogens with one attached hydrogen (secondary N) is 1. The Morgan fingerprint density at radius 1 is 0.955 bits per heavy atom. The van der Waals surface area contributed by atoms with Gasteiger partial charge < -0.3 is 14.8 Å². The highest BCUT2D eigenvalue weighted by Gasteiger charge is 2.22. The Bertz CT molecular complexity index is 794. The number of hydrogen-bond donors (Lipinski definition) is 1. The van der Waals surface area contributed by atoms with Gasteiger partial charge in [0.15, 0.2) is 11.5 Å². The number of aromatic nitrogens is 5. The molecule has 1 aliphatic heterocycles. The summed E-state index contributed by atoms with van der Waals surface area (Å²) in [4.78, 5) is 24.9. The van der Waals surface area contributed by atoms with Crippen LogP contribution in [0.1, 0.15) is 0 Å². The van der Waals surface area contributed by atoms with Crippen molar-refractivity contribution in [3.05, 3.63) is 35.5 Å². The largest absolute Gasteiger partial charge is 0.352 e. The molecular formula is C14H14BrN7. The molecule has 0 amide bonds. The minimum atomic E-state index is 0.708. The monoisotopic (exact) mass is 359 g/mol. The van der Waals surface area contributed by atoms with E-state index < -0.39 is 0 Å². The number of halogens is 1. The summed E-state index contributed by atoms with van der Waals surface area (Å²) in [5, 5.41) is 0. The second kappa shape index (κ2) is 5.53. The summed E-state index contributed by atoms with van der Waals surface area (Å²) in [7, 11) is 0. The summed E-state index contributed by atoms with van der Waals surface area (Å²) in [6.45, 7) is 3.56. The van der Waals surface area contributed by atoms with E-state index in [0.29, 0.717) is 5.65 Å². The maximum absolute atomic E-state index is 4.46. The van der Waals surface area contributed by atoms with Gasteiger partial charge in [-0.15, -0.1) is 0 Å². The summed E-state index contributed by atoms with van der Waals surface area (Å²) in [6.07, 6.45) is 5.05. The molecule has 1 fully saturated rings. The number of rotatable bonds is 2. The van der Waals surface area contributed by atoms with E-state index in [9.17, 15) is 0 Å². The lowest BCUT2D eigenvalue weighted by Gasteiger charge is -2.36. The van der Waals surface area contributed by atoms with Crippen LogP contribution in [0.15, 0.2) is 35.5 Å². The third-order valence-electron chi connectivity index (χ3n) is 3.82. The first kappa shape index (κ1) is 13.4. The molecule has 4 rings (SSSR count). The molecule has 3 aromatic heterocycles. The van der Waals surface area contributed by atoms with Gasteiger partial charge in [-0.05, 0) is 28.1 Å². The van der Waals surface area contributed by atoms with Gasteiger partial charge in [0, 0.05) is 32.4 Å². The minimum Gasteiger partial charge on any atom is -0.352 e. The molecule has 8 heteroatoms. The Morgan fingerprint density at radius 2 is 1.73 bits per heavy atom. The fraction of sp³-hybridized carbons (Fsp3) is 0.286. The first-order valence-corrected chi connectivity index (χ1v) is 7.87. The lowest BCUT2D eigenvalue weighted by Crippen LogP contribution is -2.47. The van der Waals surface area contributed by atoms with Gasteiger partial charge in [-0.25, -0.2) is 19.9 Å². The van der Waals surface area contributed by atoms with Crippen LogP contribution < -0.4 is 9.80 Å². The van der Waals surface area contributed by atoms with Crippen LogP contribution in [0.2, 0.25) is 0 Å². The molecule has 3 aromatic rings. The fourth-order valence-electron chi connectivity index (χ4n) is 2.73. The summed E-state index contributed by atoms with van der Waals surface area (Å²) in [5.41, 5.74) is 1.61. The molecule has 1 aliphatic rings. The molecular weight excluding hydrogens is 346 g/mol. The van der Waals surface area contributed by atoms with Gasteiger partial charge in [0.1, 0.15) is 17.7 Å². The number of anilines is 2. The average Bonchev–Trinajstić information content (AvgIpc) is 3.04. The molecule has 0 atom stereocenters. The Labute approximate surface area is 135 Å². The SMILES string of the molecule is Brc1cccnc1N1CCN(c2ncnc3nc[nH]c23)CC1. The number of fused-ring (bicyclic) bond motifs is 1. The van der Waals surface area contributed by atoms with Crippen molar-refractivity contribution in [2.24, 2.45) is 0 Å². The molecule has 0 unspecified atom stereocenters. The van der Waals surface area contributed by atoms with E-state index in [1.165, 1.54) is 0 Å². The zero-order valence-electron chi connectivity index (χ0n) is 11.8. The van der Waals surface area contributed by atoms with Crippen LogP contribution in [0.3, 0.4) is 0 Å². The number of H-pyrrole nitrogens is 1. The average molecular weight is 360 g/mol. The van der Waals surface area contributed by atoms with Gasteiger partial charge in [-0.1, -0.05) is 0 Å². The highest BCUT2D eigenvalue weighted by Crippen LogP contribution is 2.26. The molecule has 0 aliphatic carbocycles. The highest BCUT2D eigenvalue weighted by atomic mass is 79.9. The van der Waals surface area contributed by atoms with Crippen LogP contribution in [-0.4, -0.2) is 51.1 Å². The van der Waals surface area contributed by atoms with Gasteiger partial charge in [0.2, 0.25) is 0 Å². The minimum absolute atomic E-state index is 0.708. The van der Waals surface area contributed by atoms with Gasteiger partial charge in [0.25, 0.3) is 0 Å². The van der Waals surface area contributed by atoms with Gasteiger partial charge >= 0.3 is 0 Å². The first-order chi connectivity index (χ1) is 10.8. The van der Waals surface area contributed by atoms with Crippen molar-refractivity contribution in [3.63, 3.8) is 0 Å². The second-order valence-corrected chi connectivity index (χ2v) is 5.94. The van der Waals surface area contributed by atoms with Crippen LogP contribution in [0.4, 0.5) is 11.6 Å². The zero-order chi connectivity index (χ0) is 14.9. The van der Waals surface area contributed by atoms with Crippen molar-refractivity contribution >= 4 is 38.7 Å². The normalized spacial score (nSPS) is 15.5. The van der Waals surface area contributed by atoms with E-state index in [1.54, 1.807) is 12.7 Å². The van der Waals surface area contributed by atoms with E-state index in [1.807, 2.05) is 18.3 Å². The van der Waals surface area contributed by atoms with Crippen molar-refractivity contribution in [1.29, 1.82) is 0 Å². The molecule has 0 saturated carbocycles. The number of pyridine rings is 1. The Balaban J connectivity index is 1.55. The van der Waals surface area contributed by atoms with E-state index in [0.717, 1.165) is 47.8 Å². The summed E-state index contributed by atoms with van der Waals surface area (Å²) in [6, 6.07) is 3.95. The first-order valence-electron chi connectivity index (χ1n) is 7.07. The van der Waals surface area contributed by atoms with E-state index in [4.69, 9.17) is 0 Å². The Hall–Kier alpha value is -2.22. The van der Waals surface area contributed by atoms with Crippen molar-refractivity contribution in [3.8, 4) is 0 Å². The maximum Gasteiger partial charge on any atom is 0.182 e. The van der Waals surface area contributed by atoms with Gasteiger partial charge in [0.05, 0.1) is 10.8 Å².